The summed E-state index contributed by atoms with van der Waals surface area (Å²) in [7, 11) is 0. The van der Waals surface area contributed by atoms with E-state index in [2.05, 4.69) is 38.2 Å². The number of carbonyl (C=O) groups is 1. The third-order valence-electron chi connectivity index (χ3n) is 3.84. The molecule has 0 unspecified atom stereocenters. The van der Waals surface area contributed by atoms with Crippen LogP contribution in [0.4, 0.5) is 0 Å². The van der Waals surface area contributed by atoms with Crippen LogP contribution in [-0.4, -0.2) is 32.3 Å². The summed E-state index contributed by atoms with van der Waals surface area (Å²) in [5.74, 6) is 1.15. The summed E-state index contributed by atoms with van der Waals surface area (Å²) in [6.07, 6.45) is 1.64. The number of carbonyl (C=O) groups excluding carboxylic acids is 1. The topological polar surface area (TPSA) is 47.6 Å². The highest BCUT2D eigenvalue weighted by Crippen LogP contribution is 2.24. The molecule has 0 radical (unpaired) electrons. The maximum absolute atomic E-state index is 12.0. The van der Waals surface area contributed by atoms with Gasteiger partial charge in [0.1, 0.15) is 12.4 Å². The number of rotatable bonds is 5. The maximum Gasteiger partial charge on any atom is 0.223 e. The van der Waals surface area contributed by atoms with Crippen LogP contribution < -0.4 is 10.1 Å². The molecule has 1 aromatic carbocycles. The molecular weight excluding hydrogens is 266 g/mol. The Kier molecular flexibility index (Phi) is 5.62. The lowest BCUT2D eigenvalue weighted by atomic mass is 9.99. The van der Waals surface area contributed by atoms with Crippen molar-refractivity contribution in [3.63, 3.8) is 0 Å². The van der Waals surface area contributed by atoms with Gasteiger partial charge in [0.25, 0.3) is 0 Å². The van der Waals surface area contributed by atoms with Gasteiger partial charge in [0.2, 0.25) is 5.91 Å². The van der Waals surface area contributed by atoms with Crippen molar-refractivity contribution in [2.45, 2.75) is 33.6 Å². The molecular formula is C17H25NO3. The average molecular weight is 291 g/mol. The molecule has 2 rings (SSSR count). The first-order valence-electron chi connectivity index (χ1n) is 7.64. The molecule has 0 bridgehead atoms. The predicted octanol–water partition coefficient (Wildman–Crippen LogP) is 2.53. The summed E-state index contributed by atoms with van der Waals surface area (Å²) in [5.41, 5.74) is 3.52. The first-order valence-corrected chi connectivity index (χ1v) is 7.64. The normalized spacial score (nSPS) is 15.8. The van der Waals surface area contributed by atoms with Crippen molar-refractivity contribution in [1.29, 1.82) is 0 Å². The van der Waals surface area contributed by atoms with Crippen LogP contribution in [0.3, 0.4) is 0 Å². The summed E-state index contributed by atoms with van der Waals surface area (Å²) in [6.45, 7) is 8.61. The quantitative estimate of drug-likeness (QED) is 0.848. The third kappa shape index (κ3) is 4.46. The van der Waals surface area contributed by atoms with E-state index in [0.717, 1.165) is 29.7 Å². The Morgan fingerprint density at radius 2 is 1.86 bits per heavy atom. The fourth-order valence-electron chi connectivity index (χ4n) is 2.83. The molecule has 0 aromatic heterocycles. The summed E-state index contributed by atoms with van der Waals surface area (Å²) >= 11 is 0. The SMILES string of the molecule is Cc1cc(C)c(OCCNC(=O)C2CCOCC2)c(C)c1. The minimum Gasteiger partial charge on any atom is -0.491 e. The molecule has 1 amide bonds. The van der Waals surface area contributed by atoms with Crippen molar-refractivity contribution < 1.29 is 14.3 Å². The van der Waals surface area contributed by atoms with E-state index in [4.69, 9.17) is 9.47 Å². The predicted molar refractivity (Wildman–Crippen MR) is 82.7 cm³/mol. The van der Waals surface area contributed by atoms with Crippen LogP contribution in [0.25, 0.3) is 0 Å². The lowest BCUT2D eigenvalue weighted by molar-refractivity contribution is -0.127. The van der Waals surface area contributed by atoms with Gasteiger partial charge in [-0.25, -0.2) is 0 Å². The van der Waals surface area contributed by atoms with Crippen molar-refractivity contribution in [1.82, 2.24) is 5.32 Å². The Morgan fingerprint density at radius 1 is 1.24 bits per heavy atom. The molecule has 1 aromatic rings. The van der Waals surface area contributed by atoms with Gasteiger partial charge in [-0.2, -0.15) is 0 Å². The minimum absolute atomic E-state index is 0.0987. The van der Waals surface area contributed by atoms with E-state index < -0.39 is 0 Å². The highest BCUT2D eigenvalue weighted by molar-refractivity contribution is 5.78. The number of hydrogen-bond donors (Lipinski definition) is 1. The number of hydrogen-bond acceptors (Lipinski definition) is 3. The van der Waals surface area contributed by atoms with Gasteiger partial charge in [-0.15, -0.1) is 0 Å². The zero-order valence-electron chi connectivity index (χ0n) is 13.2. The van der Waals surface area contributed by atoms with E-state index in [1.165, 1.54) is 5.56 Å². The molecule has 1 aliphatic heterocycles. The van der Waals surface area contributed by atoms with Gasteiger partial charge in [-0.1, -0.05) is 17.7 Å². The Labute approximate surface area is 126 Å². The van der Waals surface area contributed by atoms with E-state index in [1.54, 1.807) is 0 Å². The van der Waals surface area contributed by atoms with Gasteiger partial charge >= 0.3 is 0 Å². The molecule has 1 saturated heterocycles. The Balaban J connectivity index is 1.76. The molecule has 1 heterocycles. The second kappa shape index (κ2) is 7.46. The van der Waals surface area contributed by atoms with Crippen molar-refractivity contribution in [2.24, 2.45) is 5.92 Å². The van der Waals surface area contributed by atoms with E-state index >= 15 is 0 Å². The zero-order valence-corrected chi connectivity index (χ0v) is 13.2. The van der Waals surface area contributed by atoms with E-state index in [0.29, 0.717) is 26.4 Å². The highest BCUT2D eigenvalue weighted by Gasteiger charge is 2.20. The number of benzene rings is 1. The zero-order chi connectivity index (χ0) is 15.2. The van der Waals surface area contributed by atoms with Gasteiger partial charge in [-0.3, -0.25) is 4.79 Å². The Hall–Kier alpha value is -1.55. The fraction of sp³-hybridized carbons (Fsp3) is 0.588. The van der Waals surface area contributed by atoms with Crippen molar-refractivity contribution in [3.05, 3.63) is 28.8 Å². The molecule has 21 heavy (non-hydrogen) atoms. The van der Waals surface area contributed by atoms with Crippen molar-refractivity contribution >= 4 is 5.91 Å². The third-order valence-corrected chi connectivity index (χ3v) is 3.84. The van der Waals surface area contributed by atoms with Gasteiger partial charge in [-0.05, 0) is 44.7 Å². The minimum atomic E-state index is 0.0987. The van der Waals surface area contributed by atoms with Gasteiger partial charge in [0, 0.05) is 19.1 Å². The van der Waals surface area contributed by atoms with Crippen LogP contribution in [-0.2, 0) is 9.53 Å². The van der Waals surface area contributed by atoms with Crippen LogP contribution in [0.5, 0.6) is 5.75 Å². The molecule has 4 nitrogen and oxygen atoms in total. The molecule has 116 valence electrons. The summed E-state index contributed by atoms with van der Waals surface area (Å²) < 4.78 is 11.1. The van der Waals surface area contributed by atoms with Crippen LogP contribution in [0, 0.1) is 26.7 Å². The summed E-state index contributed by atoms with van der Waals surface area (Å²) in [6, 6.07) is 4.23. The molecule has 4 heteroatoms. The summed E-state index contributed by atoms with van der Waals surface area (Å²) in [4.78, 5) is 12.0. The second-order valence-corrected chi connectivity index (χ2v) is 5.75. The first-order chi connectivity index (χ1) is 10.1. The van der Waals surface area contributed by atoms with Crippen LogP contribution >= 0.6 is 0 Å². The largest absolute Gasteiger partial charge is 0.491 e. The Morgan fingerprint density at radius 3 is 2.48 bits per heavy atom. The standard InChI is InChI=1S/C17H25NO3/c1-12-10-13(2)16(14(3)11-12)21-9-6-18-17(19)15-4-7-20-8-5-15/h10-11,15H,4-9H2,1-3H3,(H,18,19). The van der Waals surface area contributed by atoms with E-state index in [1.807, 2.05) is 0 Å². The van der Waals surface area contributed by atoms with Crippen LogP contribution in [0.1, 0.15) is 29.5 Å². The number of nitrogens with one attached hydrogen (secondary N) is 1. The molecule has 1 fully saturated rings. The Bertz CT molecular complexity index is 470. The highest BCUT2D eigenvalue weighted by atomic mass is 16.5. The van der Waals surface area contributed by atoms with Gasteiger partial charge in [0.15, 0.2) is 0 Å². The fourth-order valence-corrected chi connectivity index (χ4v) is 2.83. The van der Waals surface area contributed by atoms with Crippen molar-refractivity contribution in [2.75, 3.05) is 26.4 Å². The van der Waals surface area contributed by atoms with Gasteiger partial charge in [0.05, 0.1) is 6.54 Å². The molecule has 0 saturated carbocycles. The lowest BCUT2D eigenvalue weighted by Crippen LogP contribution is -2.36. The van der Waals surface area contributed by atoms with E-state index in [9.17, 15) is 4.79 Å². The number of ether oxygens (including phenoxy) is 2. The first kappa shape index (κ1) is 15.8. The van der Waals surface area contributed by atoms with Crippen molar-refractivity contribution in [3.8, 4) is 5.75 Å². The van der Waals surface area contributed by atoms with Crippen LogP contribution in [0.15, 0.2) is 12.1 Å². The smallest absolute Gasteiger partial charge is 0.223 e. The van der Waals surface area contributed by atoms with Gasteiger partial charge < -0.3 is 14.8 Å². The monoisotopic (exact) mass is 291 g/mol. The maximum atomic E-state index is 12.0. The molecule has 1 N–H and O–H groups in total. The molecule has 1 aliphatic rings. The summed E-state index contributed by atoms with van der Waals surface area (Å²) in [5, 5.41) is 2.95. The lowest BCUT2D eigenvalue weighted by Gasteiger charge is -2.21. The molecule has 0 spiro atoms. The average Bonchev–Trinajstić information content (AvgIpc) is 2.46. The van der Waals surface area contributed by atoms with Crippen LogP contribution in [0.2, 0.25) is 0 Å². The number of amides is 1. The molecule has 0 aliphatic carbocycles. The molecule has 0 atom stereocenters. The number of aryl methyl sites for hydroxylation is 3. The second-order valence-electron chi connectivity index (χ2n) is 5.75. The van der Waals surface area contributed by atoms with E-state index in [-0.39, 0.29) is 11.8 Å².